The van der Waals surface area contributed by atoms with E-state index >= 15 is 0 Å². The number of aryl methyl sites for hydroxylation is 1. The highest BCUT2D eigenvalue weighted by Gasteiger charge is 2.44. The standard InChI is InChI=1S/C17H26F2N2/c1-11-7-9-17(10-8-11,21(3)4)16(20)14-13(18)6-5-12(2)15(14)19/h5-6,11,16H,7-10,20H2,1-4H3. The number of benzene rings is 1. The average molecular weight is 296 g/mol. The lowest BCUT2D eigenvalue weighted by Crippen LogP contribution is -2.54. The summed E-state index contributed by atoms with van der Waals surface area (Å²) in [5.41, 5.74) is 6.51. The molecule has 1 aliphatic carbocycles. The molecule has 1 aliphatic rings. The number of hydrogen-bond acceptors (Lipinski definition) is 2. The zero-order valence-corrected chi connectivity index (χ0v) is 13.4. The average Bonchev–Trinajstić information content (AvgIpc) is 2.44. The van der Waals surface area contributed by atoms with Crippen LogP contribution in [-0.4, -0.2) is 24.5 Å². The second-order valence-electron chi connectivity index (χ2n) is 6.75. The summed E-state index contributed by atoms with van der Waals surface area (Å²) in [4.78, 5) is 2.06. The zero-order chi connectivity index (χ0) is 15.8. The Morgan fingerprint density at radius 3 is 2.33 bits per heavy atom. The number of hydrogen-bond donors (Lipinski definition) is 1. The van der Waals surface area contributed by atoms with Crippen LogP contribution in [0.5, 0.6) is 0 Å². The SMILES string of the molecule is Cc1ccc(F)c(C(N)C2(N(C)C)CCC(C)CC2)c1F. The molecule has 2 rings (SSSR count). The topological polar surface area (TPSA) is 29.3 Å². The minimum atomic E-state index is -0.653. The molecular weight excluding hydrogens is 270 g/mol. The number of nitrogens with zero attached hydrogens (tertiary/aromatic N) is 1. The molecule has 0 amide bonds. The molecular formula is C17H26F2N2. The maximum atomic E-state index is 14.4. The van der Waals surface area contributed by atoms with Crippen molar-refractivity contribution in [2.45, 2.75) is 51.1 Å². The lowest BCUT2D eigenvalue weighted by atomic mass is 9.70. The van der Waals surface area contributed by atoms with Crippen LogP contribution in [0.1, 0.15) is 49.8 Å². The lowest BCUT2D eigenvalue weighted by Gasteiger charge is -2.48. The largest absolute Gasteiger partial charge is 0.322 e. The molecule has 1 aromatic rings. The van der Waals surface area contributed by atoms with Gasteiger partial charge in [-0.05, 0) is 64.3 Å². The van der Waals surface area contributed by atoms with E-state index in [1.54, 1.807) is 6.92 Å². The van der Waals surface area contributed by atoms with Gasteiger partial charge >= 0.3 is 0 Å². The second-order valence-corrected chi connectivity index (χ2v) is 6.75. The molecule has 1 atom stereocenters. The van der Waals surface area contributed by atoms with E-state index in [2.05, 4.69) is 11.8 Å². The lowest BCUT2D eigenvalue weighted by molar-refractivity contribution is 0.0541. The number of halogens is 2. The number of nitrogens with two attached hydrogens (primary N) is 1. The highest BCUT2D eigenvalue weighted by molar-refractivity contribution is 5.31. The molecule has 2 N–H and O–H groups in total. The van der Waals surface area contributed by atoms with E-state index < -0.39 is 17.7 Å². The summed E-state index contributed by atoms with van der Waals surface area (Å²) in [6, 6.07) is 2.13. The summed E-state index contributed by atoms with van der Waals surface area (Å²) in [5.74, 6) is -0.384. The van der Waals surface area contributed by atoms with Gasteiger partial charge in [-0.15, -0.1) is 0 Å². The minimum absolute atomic E-state index is 0.0400. The monoisotopic (exact) mass is 296 g/mol. The minimum Gasteiger partial charge on any atom is -0.322 e. The predicted molar refractivity (Wildman–Crippen MR) is 82.1 cm³/mol. The smallest absolute Gasteiger partial charge is 0.133 e. The summed E-state index contributed by atoms with van der Waals surface area (Å²) in [5, 5.41) is 0. The van der Waals surface area contributed by atoms with Crippen LogP contribution in [0, 0.1) is 24.5 Å². The Labute approximate surface area is 126 Å². The highest BCUT2D eigenvalue weighted by atomic mass is 19.1. The maximum Gasteiger partial charge on any atom is 0.133 e. The summed E-state index contributed by atoms with van der Waals surface area (Å²) in [6.45, 7) is 3.87. The first-order valence-electron chi connectivity index (χ1n) is 7.67. The van der Waals surface area contributed by atoms with Crippen LogP contribution in [0.3, 0.4) is 0 Å². The Bertz CT molecular complexity index is 506. The molecule has 0 heterocycles. The van der Waals surface area contributed by atoms with E-state index in [1.807, 2.05) is 14.1 Å². The van der Waals surface area contributed by atoms with E-state index in [9.17, 15) is 8.78 Å². The Kier molecular flexibility index (Phi) is 4.69. The van der Waals surface area contributed by atoms with Crippen LogP contribution in [0.15, 0.2) is 12.1 Å². The third kappa shape index (κ3) is 2.84. The molecule has 1 aromatic carbocycles. The quantitative estimate of drug-likeness (QED) is 0.919. The molecule has 21 heavy (non-hydrogen) atoms. The van der Waals surface area contributed by atoms with E-state index in [0.29, 0.717) is 11.5 Å². The van der Waals surface area contributed by atoms with Crippen molar-refractivity contribution >= 4 is 0 Å². The second kappa shape index (κ2) is 6.01. The van der Waals surface area contributed by atoms with Gasteiger partial charge in [0, 0.05) is 11.1 Å². The normalized spacial score (nSPS) is 27.9. The van der Waals surface area contributed by atoms with Crippen molar-refractivity contribution in [3.63, 3.8) is 0 Å². The zero-order valence-electron chi connectivity index (χ0n) is 13.4. The van der Waals surface area contributed by atoms with Crippen LogP contribution in [0.4, 0.5) is 8.78 Å². The first-order chi connectivity index (χ1) is 9.79. The fourth-order valence-corrected chi connectivity index (χ4v) is 3.53. The maximum absolute atomic E-state index is 14.4. The van der Waals surface area contributed by atoms with Gasteiger partial charge < -0.3 is 10.6 Å². The van der Waals surface area contributed by atoms with Gasteiger partial charge in [0.15, 0.2) is 0 Å². The molecule has 2 nitrogen and oxygen atoms in total. The third-order valence-corrected chi connectivity index (χ3v) is 5.24. The molecule has 1 fully saturated rings. The Balaban J connectivity index is 2.45. The molecule has 0 aliphatic heterocycles. The molecule has 4 heteroatoms. The van der Waals surface area contributed by atoms with Crippen LogP contribution >= 0.6 is 0 Å². The van der Waals surface area contributed by atoms with Gasteiger partial charge in [-0.3, -0.25) is 0 Å². The Hall–Kier alpha value is -1.00. The van der Waals surface area contributed by atoms with E-state index in [-0.39, 0.29) is 11.1 Å². The Morgan fingerprint density at radius 1 is 1.24 bits per heavy atom. The van der Waals surface area contributed by atoms with Gasteiger partial charge in [0.1, 0.15) is 11.6 Å². The van der Waals surface area contributed by atoms with Crippen molar-refractivity contribution < 1.29 is 8.78 Å². The summed E-state index contributed by atoms with van der Waals surface area (Å²) in [7, 11) is 3.92. The van der Waals surface area contributed by atoms with Gasteiger partial charge in [0.25, 0.3) is 0 Å². The summed E-state index contributed by atoms with van der Waals surface area (Å²) >= 11 is 0. The molecule has 1 unspecified atom stereocenters. The first-order valence-corrected chi connectivity index (χ1v) is 7.67. The van der Waals surface area contributed by atoms with Crippen LogP contribution < -0.4 is 5.73 Å². The van der Waals surface area contributed by atoms with Crippen molar-refractivity contribution in [3.05, 3.63) is 34.9 Å². The van der Waals surface area contributed by atoms with Crippen LogP contribution in [0.2, 0.25) is 0 Å². The molecule has 0 radical (unpaired) electrons. The molecule has 118 valence electrons. The molecule has 0 spiro atoms. The molecule has 0 bridgehead atoms. The van der Waals surface area contributed by atoms with Crippen molar-refractivity contribution in [1.29, 1.82) is 0 Å². The van der Waals surface area contributed by atoms with Gasteiger partial charge in [-0.2, -0.15) is 0 Å². The van der Waals surface area contributed by atoms with Crippen molar-refractivity contribution in [3.8, 4) is 0 Å². The molecule has 1 saturated carbocycles. The van der Waals surface area contributed by atoms with E-state index in [0.717, 1.165) is 25.7 Å². The summed E-state index contributed by atoms with van der Waals surface area (Å²) in [6.07, 6.45) is 3.83. The highest BCUT2D eigenvalue weighted by Crippen LogP contribution is 2.43. The van der Waals surface area contributed by atoms with Crippen molar-refractivity contribution in [1.82, 2.24) is 4.90 Å². The molecule has 0 aromatic heterocycles. The van der Waals surface area contributed by atoms with Gasteiger partial charge in [-0.25, -0.2) is 8.78 Å². The van der Waals surface area contributed by atoms with E-state index in [1.165, 1.54) is 12.1 Å². The molecule has 0 saturated heterocycles. The fourth-order valence-electron chi connectivity index (χ4n) is 3.53. The van der Waals surface area contributed by atoms with Gasteiger partial charge in [0.05, 0.1) is 6.04 Å². The predicted octanol–water partition coefficient (Wildman–Crippen LogP) is 3.78. The van der Waals surface area contributed by atoms with Crippen molar-refractivity contribution in [2.75, 3.05) is 14.1 Å². The number of rotatable bonds is 3. The first kappa shape index (κ1) is 16.4. The van der Waals surface area contributed by atoms with E-state index in [4.69, 9.17) is 5.73 Å². The Morgan fingerprint density at radius 2 is 1.81 bits per heavy atom. The van der Waals surface area contributed by atoms with Gasteiger partial charge in [-0.1, -0.05) is 13.0 Å². The van der Waals surface area contributed by atoms with Crippen LogP contribution in [0.25, 0.3) is 0 Å². The van der Waals surface area contributed by atoms with Crippen molar-refractivity contribution in [2.24, 2.45) is 11.7 Å². The van der Waals surface area contributed by atoms with Gasteiger partial charge in [0.2, 0.25) is 0 Å². The fraction of sp³-hybridized carbons (Fsp3) is 0.647. The number of likely N-dealkylation sites (N-methyl/N-ethyl adjacent to an activating group) is 1. The summed E-state index contributed by atoms with van der Waals surface area (Å²) < 4.78 is 28.6. The third-order valence-electron chi connectivity index (χ3n) is 5.24. The van der Waals surface area contributed by atoms with Crippen LogP contribution in [-0.2, 0) is 0 Å².